The molecule has 0 N–H and O–H groups in total. The van der Waals surface area contributed by atoms with Crippen molar-refractivity contribution in [2.45, 2.75) is 64.7 Å². The lowest BCUT2D eigenvalue weighted by Crippen LogP contribution is -2.42. The Labute approximate surface area is 142 Å². The highest BCUT2D eigenvalue weighted by atomic mass is 32.2. The first-order chi connectivity index (χ1) is 10.4. The average molecular weight is 337 g/mol. The summed E-state index contributed by atoms with van der Waals surface area (Å²) in [6.07, 6.45) is 0. The molecule has 0 saturated carbocycles. The molecule has 0 radical (unpaired) electrons. The van der Waals surface area contributed by atoms with Gasteiger partial charge in [-0.1, -0.05) is 41.5 Å². The number of carbonyl (C=O) groups is 2. The Kier molecular flexibility index (Phi) is 4.68. The van der Waals surface area contributed by atoms with Gasteiger partial charge in [0.25, 0.3) is 5.91 Å². The quantitative estimate of drug-likeness (QED) is 0.790. The zero-order valence-electron chi connectivity index (χ0n) is 15.1. The van der Waals surface area contributed by atoms with Crippen molar-refractivity contribution in [1.82, 2.24) is 14.7 Å². The van der Waals surface area contributed by atoms with E-state index in [1.165, 1.54) is 23.4 Å². The molecule has 128 valence electrons. The van der Waals surface area contributed by atoms with Crippen molar-refractivity contribution < 1.29 is 9.59 Å². The summed E-state index contributed by atoms with van der Waals surface area (Å²) in [7, 11) is 0. The van der Waals surface area contributed by atoms with Crippen molar-refractivity contribution in [3.8, 4) is 0 Å². The molecule has 6 heteroatoms. The third-order valence-electron chi connectivity index (χ3n) is 3.96. The Morgan fingerprint density at radius 1 is 1.17 bits per heavy atom. The molecule has 1 aliphatic rings. The second-order valence-electron chi connectivity index (χ2n) is 8.10. The highest BCUT2D eigenvalue weighted by molar-refractivity contribution is 8.00. The summed E-state index contributed by atoms with van der Waals surface area (Å²) in [5.74, 6) is 0.603. The highest BCUT2D eigenvalue weighted by Crippen LogP contribution is 2.31. The predicted molar refractivity (Wildman–Crippen MR) is 93.9 cm³/mol. The Hall–Kier alpha value is -1.30. The SMILES string of the molecule is CC(=O)N1CCSC1C(=O)n1nc(C(C)(C)C)cc1C(C)(C)C. The molecular formula is C17H27N3O2S. The monoisotopic (exact) mass is 337 g/mol. The van der Waals surface area contributed by atoms with Gasteiger partial charge in [0.15, 0.2) is 5.37 Å². The molecule has 0 aliphatic carbocycles. The van der Waals surface area contributed by atoms with Gasteiger partial charge < -0.3 is 4.90 Å². The molecule has 1 aromatic rings. The van der Waals surface area contributed by atoms with Gasteiger partial charge in [-0.3, -0.25) is 9.59 Å². The maximum atomic E-state index is 13.1. The molecule has 23 heavy (non-hydrogen) atoms. The van der Waals surface area contributed by atoms with E-state index in [0.717, 1.165) is 17.1 Å². The molecule has 1 atom stereocenters. The van der Waals surface area contributed by atoms with Crippen molar-refractivity contribution in [3.05, 3.63) is 17.5 Å². The van der Waals surface area contributed by atoms with Gasteiger partial charge >= 0.3 is 0 Å². The van der Waals surface area contributed by atoms with Crippen molar-refractivity contribution in [3.63, 3.8) is 0 Å². The fraction of sp³-hybridized carbons (Fsp3) is 0.706. The van der Waals surface area contributed by atoms with Crippen LogP contribution in [0, 0.1) is 0 Å². The van der Waals surface area contributed by atoms with Crippen molar-refractivity contribution in [2.75, 3.05) is 12.3 Å². The van der Waals surface area contributed by atoms with E-state index in [9.17, 15) is 9.59 Å². The standard InChI is InChI=1S/C17H27N3O2S/c1-11(21)19-8-9-23-15(19)14(22)20-13(17(5,6)7)10-12(18-20)16(2,3)4/h10,15H,8-9H2,1-7H3. The average Bonchev–Trinajstić information content (AvgIpc) is 3.03. The highest BCUT2D eigenvalue weighted by Gasteiger charge is 2.37. The first-order valence-electron chi connectivity index (χ1n) is 7.97. The van der Waals surface area contributed by atoms with Crippen LogP contribution in [0.25, 0.3) is 0 Å². The van der Waals surface area contributed by atoms with E-state index in [0.29, 0.717) is 6.54 Å². The minimum Gasteiger partial charge on any atom is -0.321 e. The van der Waals surface area contributed by atoms with Gasteiger partial charge in [0.05, 0.1) is 11.4 Å². The minimum absolute atomic E-state index is 0.0612. The third-order valence-corrected chi connectivity index (χ3v) is 5.15. The van der Waals surface area contributed by atoms with E-state index in [1.54, 1.807) is 4.90 Å². The van der Waals surface area contributed by atoms with Gasteiger partial charge in [0, 0.05) is 30.1 Å². The van der Waals surface area contributed by atoms with E-state index < -0.39 is 5.37 Å². The van der Waals surface area contributed by atoms with Crippen LogP contribution in [0.5, 0.6) is 0 Å². The second kappa shape index (κ2) is 5.96. The van der Waals surface area contributed by atoms with Crippen molar-refractivity contribution in [1.29, 1.82) is 0 Å². The van der Waals surface area contributed by atoms with Crippen molar-refractivity contribution >= 4 is 23.6 Å². The number of carbonyl (C=O) groups excluding carboxylic acids is 2. The van der Waals surface area contributed by atoms with Gasteiger partial charge in [0.2, 0.25) is 5.91 Å². The van der Waals surface area contributed by atoms with Crippen LogP contribution in [-0.2, 0) is 15.6 Å². The molecule has 1 fully saturated rings. The summed E-state index contributed by atoms with van der Waals surface area (Å²) in [5, 5.41) is 4.13. The minimum atomic E-state index is -0.471. The Bertz CT molecular complexity index is 623. The van der Waals surface area contributed by atoms with E-state index in [2.05, 4.69) is 46.6 Å². The molecule has 0 bridgehead atoms. The maximum Gasteiger partial charge on any atom is 0.280 e. The van der Waals surface area contributed by atoms with E-state index in [-0.39, 0.29) is 22.6 Å². The third kappa shape index (κ3) is 3.62. The van der Waals surface area contributed by atoms with Gasteiger partial charge in [-0.15, -0.1) is 11.8 Å². The molecule has 0 spiro atoms. The topological polar surface area (TPSA) is 55.2 Å². The van der Waals surface area contributed by atoms with Crippen LogP contribution in [0.1, 0.15) is 64.6 Å². The van der Waals surface area contributed by atoms with Gasteiger partial charge in [0.1, 0.15) is 0 Å². The number of thioether (sulfide) groups is 1. The van der Waals surface area contributed by atoms with Crippen LogP contribution in [0.2, 0.25) is 0 Å². The summed E-state index contributed by atoms with van der Waals surface area (Å²) in [6.45, 7) is 14.6. The fourth-order valence-corrected chi connectivity index (χ4v) is 3.75. The fourth-order valence-electron chi connectivity index (χ4n) is 2.55. The lowest BCUT2D eigenvalue weighted by atomic mass is 9.88. The molecule has 1 unspecified atom stereocenters. The van der Waals surface area contributed by atoms with Crippen LogP contribution in [0.4, 0.5) is 0 Å². The largest absolute Gasteiger partial charge is 0.321 e. The molecular weight excluding hydrogens is 310 g/mol. The van der Waals surface area contributed by atoms with Crippen molar-refractivity contribution in [2.24, 2.45) is 0 Å². The van der Waals surface area contributed by atoms with Crippen LogP contribution in [0.15, 0.2) is 6.07 Å². The first kappa shape index (κ1) is 18.0. The number of hydrogen-bond donors (Lipinski definition) is 0. The Morgan fingerprint density at radius 2 is 1.78 bits per heavy atom. The summed E-state index contributed by atoms with van der Waals surface area (Å²) in [6, 6.07) is 2.02. The number of nitrogens with zero attached hydrogens (tertiary/aromatic N) is 3. The van der Waals surface area contributed by atoms with E-state index in [4.69, 9.17) is 0 Å². The molecule has 1 aliphatic heterocycles. The zero-order valence-corrected chi connectivity index (χ0v) is 16.0. The van der Waals surface area contributed by atoms with E-state index >= 15 is 0 Å². The first-order valence-corrected chi connectivity index (χ1v) is 9.02. The number of rotatable bonds is 1. The van der Waals surface area contributed by atoms with Gasteiger partial charge in [-0.05, 0) is 6.07 Å². The van der Waals surface area contributed by atoms with Crippen LogP contribution < -0.4 is 0 Å². The lowest BCUT2D eigenvalue weighted by molar-refractivity contribution is -0.128. The zero-order chi connectivity index (χ0) is 17.6. The van der Waals surface area contributed by atoms with Gasteiger partial charge in [-0.2, -0.15) is 5.10 Å². The molecule has 1 amide bonds. The lowest BCUT2D eigenvalue weighted by Gasteiger charge is -2.24. The summed E-state index contributed by atoms with van der Waals surface area (Å²) >= 11 is 1.51. The normalized spacial score (nSPS) is 19.3. The second-order valence-corrected chi connectivity index (χ2v) is 9.29. The van der Waals surface area contributed by atoms with Crippen LogP contribution >= 0.6 is 11.8 Å². The smallest absolute Gasteiger partial charge is 0.280 e. The summed E-state index contributed by atoms with van der Waals surface area (Å²) < 4.78 is 1.53. The molecule has 5 nitrogen and oxygen atoms in total. The molecule has 1 aromatic heterocycles. The van der Waals surface area contributed by atoms with Gasteiger partial charge in [-0.25, -0.2) is 4.68 Å². The molecule has 1 saturated heterocycles. The Balaban J connectivity index is 2.47. The van der Waals surface area contributed by atoms with Crippen LogP contribution in [-0.4, -0.2) is 44.2 Å². The molecule has 0 aromatic carbocycles. The predicted octanol–water partition coefficient (Wildman–Crippen LogP) is 3.04. The van der Waals surface area contributed by atoms with Crippen LogP contribution in [0.3, 0.4) is 0 Å². The molecule has 2 rings (SSSR count). The number of aromatic nitrogens is 2. The molecule has 2 heterocycles. The summed E-state index contributed by atoms with van der Waals surface area (Å²) in [4.78, 5) is 26.5. The number of hydrogen-bond acceptors (Lipinski definition) is 4. The van der Waals surface area contributed by atoms with E-state index in [1.807, 2.05) is 6.07 Å². The Morgan fingerprint density at radius 3 is 2.26 bits per heavy atom. The number of amides is 1. The maximum absolute atomic E-state index is 13.1. The summed E-state index contributed by atoms with van der Waals surface area (Å²) in [5.41, 5.74) is 1.46.